The van der Waals surface area contributed by atoms with Crippen LogP contribution in [0, 0.1) is 5.92 Å². The first-order valence-electron chi connectivity index (χ1n) is 10.9. The maximum atomic E-state index is 13.4. The van der Waals surface area contributed by atoms with Gasteiger partial charge in [0.2, 0.25) is 11.8 Å². The summed E-state index contributed by atoms with van der Waals surface area (Å²) in [4.78, 5) is 28.4. The third kappa shape index (κ3) is 3.44. The Balaban J connectivity index is 1.50. The second-order valence-electron chi connectivity index (χ2n) is 8.18. The Labute approximate surface area is 187 Å². The van der Waals surface area contributed by atoms with E-state index in [0.29, 0.717) is 5.69 Å². The zero-order chi connectivity index (χ0) is 22.1. The Morgan fingerprint density at radius 2 is 1.44 bits per heavy atom. The first kappa shape index (κ1) is 20.0. The number of benzene rings is 4. The number of para-hydroxylation sites is 1. The summed E-state index contributed by atoms with van der Waals surface area (Å²) >= 11 is 0. The van der Waals surface area contributed by atoms with Gasteiger partial charge < -0.3 is 10.2 Å². The van der Waals surface area contributed by atoms with Gasteiger partial charge in [-0.25, -0.2) is 0 Å². The monoisotopic (exact) mass is 420 g/mol. The van der Waals surface area contributed by atoms with Crippen molar-refractivity contribution in [2.45, 2.75) is 19.0 Å². The number of anilines is 1. The normalized spacial score (nSPS) is 18.8. The lowest BCUT2D eigenvalue weighted by Crippen LogP contribution is -2.59. The molecule has 0 radical (unpaired) electrons. The van der Waals surface area contributed by atoms with Gasteiger partial charge in [0.25, 0.3) is 0 Å². The molecule has 2 amide bonds. The van der Waals surface area contributed by atoms with E-state index in [9.17, 15) is 9.59 Å². The zero-order valence-electron chi connectivity index (χ0n) is 17.8. The summed E-state index contributed by atoms with van der Waals surface area (Å²) in [6.45, 7) is 2.04. The number of nitrogens with one attached hydrogen (secondary N) is 1. The Kier molecular flexibility index (Phi) is 5.20. The minimum Gasteiger partial charge on any atom is -0.327 e. The van der Waals surface area contributed by atoms with Crippen molar-refractivity contribution in [2.75, 3.05) is 5.32 Å². The van der Waals surface area contributed by atoms with Crippen molar-refractivity contribution >= 4 is 28.3 Å². The highest BCUT2D eigenvalue weighted by atomic mass is 16.2. The number of carbonyl (C=O) groups is 2. The molecule has 0 saturated carbocycles. The number of likely N-dealkylation sites (tertiary alicyclic amines) is 1. The first-order chi connectivity index (χ1) is 15.6. The van der Waals surface area contributed by atoms with Gasteiger partial charge in [-0.1, -0.05) is 91.0 Å². The van der Waals surface area contributed by atoms with Crippen molar-refractivity contribution in [3.8, 4) is 0 Å². The number of amides is 2. The molecule has 0 spiro atoms. The van der Waals surface area contributed by atoms with E-state index >= 15 is 0 Å². The molecule has 1 unspecified atom stereocenters. The highest BCUT2D eigenvalue weighted by molar-refractivity contribution is 6.11. The van der Waals surface area contributed by atoms with Crippen LogP contribution in [0.3, 0.4) is 0 Å². The van der Waals surface area contributed by atoms with Crippen LogP contribution in [0.4, 0.5) is 5.69 Å². The summed E-state index contributed by atoms with van der Waals surface area (Å²) in [7, 11) is 0. The smallest absolute Gasteiger partial charge is 0.239 e. The molecule has 4 aromatic rings. The molecule has 0 bridgehead atoms. The molecular formula is C28H24N2O2. The molecule has 4 nitrogen and oxygen atoms in total. The van der Waals surface area contributed by atoms with E-state index < -0.39 is 5.92 Å². The summed E-state index contributed by atoms with van der Waals surface area (Å²) in [6.07, 6.45) is 0. The Bertz CT molecular complexity index is 1270. The van der Waals surface area contributed by atoms with Crippen LogP contribution >= 0.6 is 0 Å². The molecule has 158 valence electrons. The number of nitrogens with zero attached hydrogens (tertiary/aromatic N) is 1. The molecule has 4 aromatic carbocycles. The van der Waals surface area contributed by atoms with E-state index in [0.717, 1.165) is 21.9 Å². The van der Waals surface area contributed by atoms with Crippen LogP contribution in [0.15, 0.2) is 103 Å². The molecule has 0 aromatic heterocycles. The van der Waals surface area contributed by atoms with Crippen LogP contribution in [-0.2, 0) is 9.59 Å². The molecule has 5 rings (SSSR count). The fraction of sp³-hybridized carbons (Fsp3) is 0.143. The molecule has 4 heteroatoms. The topological polar surface area (TPSA) is 49.4 Å². The molecule has 1 heterocycles. The summed E-state index contributed by atoms with van der Waals surface area (Å²) in [6, 6.07) is 33.0. The lowest BCUT2D eigenvalue weighted by molar-refractivity contribution is -0.165. The Hall–Kier alpha value is -3.92. The zero-order valence-corrected chi connectivity index (χ0v) is 17.8. The van der Waals surface area contributed by atoms with E-state index in [1.165, 1.54) is 0 Å². The molecule has 1 aliphatic rings. The van der Waals surface area contributed by atoms with Gasteiger partial charge in [0.15, 0.2) is 0 Å². The lowest BCUT2D eigenvalue weighted by atomic mass is 9.79. The number of hydrogen-bond donors (Lipinski definition) is 1. The molecule has 1 fully saturated rings. The molecule has 1 aliphatic heterocycles. The van der Waals surface area contributed by atoms with Gasteiger partial charge in [-0.15, -0.1) is 0 Å². The fourth-order valence-corrected chi connectivity index (χ4v) is 4.71. The second kappa shape index (κ2) is 8.31. The molecule has 3 atom stereocenters. The maximum absolute atomic E-state index is 13.4. The third-order valence-electron chi connectivity index (χ3n) is 6.29. The minimum absolute atomic E-state index is 0.146. The van der Waals surface area contributed by atoms with Crippen LogP contribution in [-0.4, -0.2) is 16.7 Å². The minimum atomic E-state index is -0.755. The van der Waals surface area contributed by atoms with Crippen LogP contribution in [0.1, 0.15) is 30.1 Å². The van der Waals surface area contributed by atoms with Gasteiger partial charge in [-0.05, 0) is 41.0 Å². The molecule has 0 aliphatic carbocycles. The number of rotatable bonds is 5. The van der Waals surface area contributed by atoms with Gasteiger partial charge in [0.1, 0.15) is 5.92 Å². The predicted molar refractivity (Wildman–Crippen MR) is 127 cm³/mol. The summed E-state index contributed by atoms with van der Waals surface area (Å²) in [5, 5.41) is 5.18. The van der Waals surface area contributed by atoms with E-state index in [4.69, 9.17) is 0 Å². The molecular weight excluding hydrogens is 396 g/mol. The van der Waals surface area contributed by atoms with Crippen LogP contribution in [0.25, 0.3) is 10.8 Å². The van der Waals surface area contributed by atoms with E-state index in [1.54, 1.807) is 0 Å². The third-order valence-corrected chi connectivity index (χ3v) is 6.29. The van der Waals surface area contributed by atoms with Crippen molar-refractivity contribution in [2.24, 2.45) is 5.92 Å². The lowest BCUT2D eigenvalue weighted by Gasteiger charge is -2.50. The highest BCUT2D eigenvalue weighted by Gasteiger charge is 2.54. The van der Waals surface area contributed by atoms with Crippen molar-refractivity contribution in [1.82, 2.24) is 4.90 Å². The first-order valence-corrected chi connectivity index (χ1v) is 10.9. The highest BCUT2D eigenvalue weighted by Crippen LogP contribution is 2.46. The number of hydrogen-bond acceptors (Lipinski definition) is 2. The second-order valence-corrected chi connectivity index (χ2v) is 8.18. The van der Waals surface area contributed by atoms with Crippen molar-refractivity contribution in [1.29, 1.82) is 0 Å². The van der Waals surface area contributed by atoms with Gasteiger partial charge in [0, 0.05) is 5.69 Å². The fourth-order valence-electron chi connectivity index (χ4n) is 4.71. The van der Waals surface area contributed by atoms with Crippen molar-refractivity contribution in [3.63, 3.8) is 0 Å². The molecule has 1 N–H and O–H groups in total. The SMILES string of the molecule is CC(c1cccc2ccccc12)N1C(=O)[C@H](C(=O)Nc2ccccc2)[C@H]1c1ccccc1. The molecule has 1 saturated heterocycles. The Morgan fingerprint density at radius 3 is 2.19 bits per heavy atom. The van der Waals surface area contributed by atoms with Gasteiger partial charge >= 0.3 is 0 Å². The van der Waals surface area contributed by atoms with Gasteiger partial charge in [0.05, 0.1) is 12.1 Å². The quantitative estimate of drug-likeness (QED) is 0.331. The number of fused-ring (bicyclic) bond motifs is 1. The van der Waals surface area contributed by atoms with Crippen molar-refractivity contribution < 1.29 is 9.59 Å². The largest absolute Gasteiger partial charge is 0.327 e. The van der Waals surface area contributed by atoms with Gasteiger partial charge in [-0.2, -0.15) is 0 Å². The average Bonchev–Trinajstić information content (AvgIpc) is 2.83. The predicted octanol–water partition coefficient (Wildman–Crippen LogP) is 5.74. The van der Waals surface area contributed by atoms with Gasteiger partial charge in [-0.3, -0.25) is 9.59 Å². The summed E-state index contributed by atoms with van der Waals surface area (Å²) < 4.78 is 0. The van der Waals surface area contributed by atoms with E-state index in [1.807, 2.05) is 90.7 Å². The number of carbonyl (C=O) groups excluding carboxylic acids is 2. The number of β-lactam (4-membered cyclic amide) rings is 1. The van der Waals surface area contributed by atoms with Crippen LogP contribution < -0.4 is 5.32 Å². The van der Waals surface area contributed by atoms with Crippen molar-refractivity contribution in [3.05, 3.63) is 114 Å². The van der Waals surface area contributed by atoms with Crippen LogP contribution in [0.2, 0.25) is 0 Å². The molecule has 32 heavy (non-hydrogen) atoms. The standard InChI is InChI=1S/C28H24N2O2/c1-19(23-18-10-14-20-11-8-9-17-24(20)23)30-26(21-12-4-2-5-13-21)25(28(30)32)27(31)29-22-15-6-3-7-16-22/h2-19,25-26H,1H3,(H,29,31)/t19?,25-,26+/m0/s1. The van der Waals surface area contributed by atoms with E-state index in [-0.39, 0.29) is 23.9 Å². The average molecular weight is 421 g/mol. The Morgan fingerprint density at radius 1 is 0.812 bits per heavy atom. The summed E-state index contributed by atoms with van der Waals surface area (Å²) in [5.41, 5.74) is 2.74. The van der Waals surface area contributed by atoms with E-state index in [2.05, 4.69) is 29.6 Å². The van der Waals surface area contributed by atoms with Crippen LogP contribution in [0.5, 0.6) is 0 Å². The maximum Gasteiger partial charge on any atom is 0.239 e. The summed E-state index contributed by atoms with van der Waals surface area (Å²) in [5.74, 6) is -1.17.